The fraction of sp³-hybridized carbons (Fsp3) is 0.286. The molecule has 94 valence electrons. The number of carbonyl (C=O) groups is 1. The number of carbonyl (C=O) groups excluding carboxylic acids is 1. The summed E-state index contributed by atoms with van der Waals surface area (Å²) in [6.45, 7) is 5.98. The molecule has 0 aliphatic rings. The number of amides is 1. The summed E-state index contributed by atoms with van der Waals surface area (Å²) in [6.07, 6.45) is 0.331. The van der Waals surface area contributed by atoms with Gasteiger partial charge in [-0.2, -0.15) is 0 Å². The fourth-order valence-electron chi connectivity index (χ4n) is 1.91. The molecule has 18 heavy (non-hydrogen) atoms. The molecule has 0 saturated heterocycles. The van der Waals surface area contributed by atoms with Crippen LogP contribution >= 0.6 is 11.3 Å². The van der Waals surface area contributed by atoms with Crippen LogP contribution in [-0.2, 0) is 11.2 Å². The highest BCUT2D eigenvalue weighted by Crippen LogP contribution is 2.14. The number of nitrogens with zero attached hydrogens (tertiary/aromatic N) is 1. The first-order valence-electron chi connectivity index (χ1n) is 5.82. The zero-order valence-electron chi connectivity index (χ0n) is 10.8. The van der Waals surface area contributed by atoms with E-state index in [9.17, 15) is 4.79 Å². The summed E-state index contributed by atoms with van der Waals surface area (Å²) >= 11 is 1.57. The van der Waals surface area contributed by atoms with Gasteiger partial charge in [0.1, 0.15) is 0 Å². The SMILES string of the molecule is Cc1cc(C)cc(NC(=O)Cc2csc(C)n2)c1. The van der Waals surface area contributed by atoms with Gasteiger partial charge in [0.05, 0.1) is 17.1 Å². The molecular weight excluding hydrogens is 244 g/mol. The van der Waals surface area contributed by atoms with Crippen molar-refractivity contribution in [2.75, 3.05) is 5.32 Å². The summed E-state index contributed by atoms with van der Waals surface area (Å²) in [5, 5.41) is 5.82. The van der Waals surface area contributed by atoms with Crippen LogP contribution < -0.4 is 5.32 Å². The van der Waals surface area contributed by atoms with Crippen LogP contribution in [-0.4, -0.2) is 10.9 Å². The van der Waals surface area contributed by atoms with Gasteiger partial charge in [0.15, 0.2) is 0 Å². The van der Waals surface area contributed by atoms with E-state index in [-0.39, 0.29) is 5.91 Å². The molecule has 0 aliphatic heterocycles. The summed E-state index contributed by atoms with van der Waals surface area (Å²) in [7, 11) is 0. The summed E-state index contributed by atoms with van der Waals surface area (Å²) < 4.78 is 0. The van der Waals surface area contributed by atoms with Crippen molar-refractivity contribution in [2.45, 2.75) is 27.2 Å². The quantitative estimate of drug-likeness (QED) is 0.920. The summed E-state index contributed by atoms with van der Waals surface area (Å²) in [5.74, 6) is -0.0229. The Balaban J connectivity index is 2.02. The van der Waals surface area contributed by atoms with Crippen molar-refractivity contribution in [1.82, 2.24) is 4.98 Å². The lowest BCUT2D eigenvalue weighted by molar-refractivity contribution is -0.115. The molecular formula is C14H16N2OS. The number of benzene rings is 1. The molecule has 0 fully saturated rings. The van der Waals surface area contributed by atoms with Gasteiger partial charge in [0.25, 0.3) is 0 Å². The number of nitrogens with one attached hydrogen (secondary N) is 1. The van der Waals surface area contributed by atoms with E-state index in [0.29, 0.717) is 6.42 Å². The normalized spacial score (nSPS) is 10.4. The Morgan fingerprint density at radius 3 is 2.44 bits per heavy atom. The Morgan fingerprint density at radius 1 is 1.22 bits per heavy atom. The lowest BCUT2D eigenvalue weighted by atomic mass is 10.1. The second-order valence-corrected chi connectivity index (χ2v) is 5.52. The first-order chi connectivity index (χ1) is 8.52. The van der Waals surface area contributed by atoms with Crippen LogP contribution in [0.15, 0.2) is 23.6 Å². The standard InChI is InChI=1S/C14H16N2OS/c1-9-4-10(2)6-12(5-9)16-14(17)7-13-8-18-11(3)15-13/h4-6,8H,7H2,1-3H3,(H,16,17). The van der Waals surface area contributed by atoms with Crippen molar-refractivity contribution in [3.8, 4) is 0 Å². The largest absolute Gasteiger partial charge is 0.326 e. The van der Waals surface area contributed by atoms with Gasteiger partial charge in [-0.15, -0.1) is 11.3 Å². The van der Waals surface area contributed by atoms with E-state index in [2.05, 4.69) is 16.4 Å². The summed E-state index contributed by atoms with van der Waals surface area (Å²) in [5.41, 5.74) is 3.98. The number of hydrogen-bond acceptors (Lipinski definition) is 3. The molecule has 1 heterocycles. The molecule has 0 radical (unpaired) electrons. The highest BCUT2D eigenvalue weighted by Gasteiger charge is 2.07. The second-order valence-electron chi connectivity index (χ2n) is 4.46. The lowest BCUT2D eigenvalue weighted by Gasteiger charge is -2.06. The highest BCUT2D eigenvalue weighted by molar-refractivity contribution is 7.09. The maximum Gasteiger partial charge on any atom is 0.230 e. The van der Waals surface area contributed by atoms with Crippen molar-refractivity contribution in [2.24, 2.45) is 0 Å². The number of hydrogen-bond donors (Lipinski definition) is 1. The molecule has 2 aromatic rings. The molecule has 4 heteroatoms. The Labute approximate surface area is 111 Å². The zero-order chi connectivity index (χ0) is 13.1. The van der Waals surface area contributed by atoms with Gasteiger partial charge in [0, 0.05) is 11.1 Å². The van der Waals surface area contributed by atoms with E-state index in [4.69, 9.17) is 0 Å². The van der Waals surface area contributed by atoms with Crippen LogP contribution in [0.25, 0.3) is 0 Å². The molecule has 1 N–H and O–H groups in total. The molecule has 1 amide bonds. The maximum atomic E-state index is 11.9. The van der Waals surface area contributed by atoms with E-state index in [1.807, 2.05) is 38.3 Å². The Morgan fingerprint density at radius 2 is 1.89 bits per heavy atom. The highest BCUT2D eigenvalue weighted by atomic mass is 32.1. The van der Waals surface area contributed by atoms with Crippen molar-refractivity contribution in [3.05, 3.63) is 45.4 Å². The van der Waals surface area contributed by atoms with Crippen LogP contribution in [0.1, 0.15) is 21.8 Å². The van der Waals surface area contributed by atoms with E-state index < -0.39 is 0 Å². The minimum Gasteiger partial charge on any atom is -0.326 e. The third kappa shape index (κ3) is 3.40. The van der Waals surface area contributed by atoms with Gasteiger partial charge in [-0.1, -0.05) is 6.07 Å². The molecule has 0 saturated carbocycles. The molecule has 0 atom stereocenters. The molecule has 3 nitrogen and oxygen atoms in total. The third-order valence-corrected chi connectivity index (χ3v) is 3.34. The van der Waals surface area contributed by atoms with Crippen molar-refractivity contribution in [1.29, 1.82) is 0 Å². The smallest absolute Gasteiger partial charge is 0.230 e. The number of aryl methyl sites for hydroxylation is 3. The monoisotopic (exact) mass is 260 g/mol. The first kappa shape index (κ1) is 12.8. The Hall–Kier alpha value is -1.68. The van der Waals surface area contributed by atoms with Crippen LogP contribution in [0.5, 0.6) is 0 Å². The van der Waals surface area contributed by atoms with E-state index in [0.717, 1.165) is 27.5 Å². The molecule has 1 aromatic carbocycles. The summed E-state index contributed by atoms with van der Waals surface area (Å²) in [4.78, 5) is 16.2. The number of anilines is 1. The predicted molar refractivity (Wildman–Crippen MR) is 75.1 cm³/mol. The van der Waals surface area contributed by atoms with Crippen molar-refractivity contribution < 1.29 is 4.79 Å². The molecule has 0 spiro atoms. The average molecular weight is 260 g/mol. The Kier molecular flexibility index (Phi) is 3.77. The Bertz CT molecular complexity index is 555. The minimum absolute atomic E-state index is 0.0229. The second kappa shape index (κ2) is 5.31. The lowest BCUT2D eigenvalue weighted by Crippen LogP contribution is -2.14. The van der Waals surface area contributed by atoms with Gasteiger partial charge in [-0.3, -0.25) is 4.79 Å². The number of aromatic nitrogens is 1. The molecule has 1 aromatic heterocycles. The van der Waals surface area contributed by atoms with E-state index in [1.54, 1.807) is 11.3 Å². The summed E-state index contributed by atoms with van der Waals surface area (Å²) in [6, 6.07) is 6.02. The van der Waals surface area contributed by atoms with Gasteiger partial charge < -0.3 is 5.32 Å². The fourth-order valence-corrected chi connectivity index (χ4v) is 2.52. The number of rotatable bonds is 3. The molecule has 0 bridgehead atoms. The minimum atomic E-state index is -0.0229. The van der Waals surface area contributed by atoms with Gasteiger partial charge in [-0.25, -0.2) is 4.98 Å². The van der Waals surface area contributed by atoms with Crippen LogP contribution in [0.3, 0.4) is 0 Å². The van der Waals surface area contributed by atoms with Gasteiger partial charge in [0.2, 0.25) is 5.91 Å². The van der Waals surface area contributed by atoms with Crippen LogP contribution in [0.2, 0.25) is 0 Å². The predicted octanol–water partition coefficient (Wildman–Crippen LogP) is 3.25. The van der Waals surface area contributed by atoms with Crippen LogP contribution in [0, 0.1) is 20.8 Å². The first-order valence-corrected chi connectivity index (χ1v) is 6.70. The van der Waals surface area contributed by atoms with Gasteiger partial charge in [-0.05, 0) is 44.0 Å². The molecule has 2 rings (SSSR count). The van der Waals surface area contributed by atoms with Crippen LogP contribution in [0.4, 0.5) is 5.69 Å². The topological polar surface area (TPSA) is 42.0 Å². The zero-order valence-corrected chi connectivity index (χ0v) is 11.6. The maximum absolute atomic E-state index is 11.9. The van der Waals surface area contributed by atoms with Crippen molar-refractivity contribution in [3.63, 3.8) is 0 Å². The molecule has 0 aliphatic carbocycles. The van der Waals surface area contributed by atoms with Gasteiger partial charge >= 0.3 is 0 Å². The van der Waals surface area contributed by atoms with Crippen molar-refractivity contribution >= 4 is 22.9 Å². The average Bonchev–Trinajstić information content (AvgIpc) is 2.61. The number of thiazole rings is 1. The van der Waals surface area contributed by atoms with E-state index in [1.165, 1.54) is 0 Å². The molecule has 0 unspecified atom stereocenters. The van der Waals surface area contributed by atoms with E-state index >= 15 is 0 Å². The third-order valence-electron chi connectivity index (χ3n) is 2.51.